The van der Waals surface area contributed by atoms with Crippen molar-refractivity contribution in [2.24, 2.45) is 5.92 Å². The van der Waals surface area contributed by atoms with Crippen molar-refractivity contribution < 1.29 is 5.11 Å². The van der Waals surface area contributed by atoms with Crippen LogP contribution in [0.2, 0.25) is 5.02 Å². The third-order valence-corrected chi connectivity index (χ3v) is 3.63. The fraction of sp³-hybridized carbons (Fsp3) is 0.538. The van der Waals surface area contributed by atoms with Crippen molar-refractivity contribution in [1.29, 1.82) is 0 Å². The summed E-state index contributed by atoms with van der Waals surface area (Å²) in [6.45, 7) is 3.08. The maximum absolute atomic E-state index is 9.75. The summed E-state index contributed by atoms with van der Waals surface area (Å²) in [4.78, 5) is 0. The normalized spacial score (nSPS) is 19.4. The van der Waals surface area contributed by atoms with Gasteiger partial charge in [0.05, 0.1) is 12.1 Å². The second-order valence-corrected chi connectivity index (χ2v) is 4.88. The Morgan fingerprint density at radius 1 is 1.38 bits per heavy atom. The van der Waals surface area contributed by atoms with Crippen LogP contribution in [-0.2, 0) is 5.54 Å². The van der Waals surface area contributed by atoms with E-state index in [-0.39, 0.29) is 12.1 Å². The Kier molecular flexibility index (Phi) is 3.53. The van der Waals surface area contributed by atoms with E-state index in [9.17, 15) is 5.11 Å². The number of benzene rings is 1. The highest BCUT2D eigenvalue weighted by Gasteiger charge is 2.45. The highest BCUT2D eigenvalue weighted by atomic mass is 35.5. The molecule has 1 atom stereocenters. The number of nitrogens with one attached hydrogen (secondary N) is 1. The Morgan fingerprint density at radius 3 is 2.44 bits per heavy atom. The van der Waals surface area contributed by atoms with E-state index < -0.39 is 0 Å². The molecule has 16 heavy (non-hydrogen) atoms. The zero-order valence-electron chi connectivity index (χ0n) is 9.54. The molecule has 2 rings (SSSR count). The molecule has 0 spiro atoms. The molecule has 3 heteroatoms. The van der Waals surface area contributed by atoms with Gasteiger partial charge in [-0.15, -0.1) is 0 Å². The van der Waals surface area contributed by atoms with Gasteiger partial charge in [0.15, 0.2) is 0 Å². The highest BCUT2D eigenvalue weighted by molar-refractivity contribution is 6.30. The number of hydrogen-bond acceptors (Lipinski definition) is 2. The van der Waals surface area contributed by atoms with Crippen molar-refractivity contribution in [3.05, 3.63) is 34.9 Å². The van der Waals surface area contributed by atoms with Gasteiger partial charge in [-0.25, -0.2) is 0 Å². The molecular formula is C13H18ClNO. The first-order valence-corrected chi connectivity index (χ1v) is 6.22. The Hall–Kier alpha value is -0.570. The van der Waals surface area contributed by atoms with Gasteiger partial charge in [0.25, 0.3) is 0 Å². The van der Waals surface area contributed by atoms with Crippen molar-refractivity contribution in [3.8, 4) is 0 Å². The summed E-state index contributed by atoms with van der Waals surface area (Å²) >= 11 is 5.89. The molecule has 2 N–H and O–H groups in total. The molecule has 0 aliphatic heterocycles. The molecule has 1 aliphatic carbocycles. The number of halogens is 1. The lowest BCUT2D eigenvalue weighted by Crippen LogP contribution is -2.47. The SMILES string of the molecule is CCNC(CO)(c1ccc(Cl)cc1)C1CC1. The molecule has 88 valence electrons. The molecular weight excluding hydrogens is 222 g/mol. The third kappa shape index (κ3) is 2.10. The summed E-state index contributed by atoms with van der Waals surface area (Å²) in [5.41, 5.74) is 0.878. The maximum atomic E-state index is 9.75. The molecule has 0 bridgehead atoms. The molecule has 0 amide bonds. The van der Waals surface area contributed by atoms with Crippen molar-refractivity contribution in [1.82, 2.24) is 5.32 Å². The lowest BCUT2D eigenvalue weighted by molar-refractivity contribution is 0.141. The predicted octanol–water partition coefficient (Wildman–Crippen LogP) is 2.55. The Labute approximate surface area is 102 Å². The molecule has 2 nitrogen and oxygen atoms in total. The summed E-state index contributed by atoms with van der Waals surface area (Å²) < 4.78 is 0. The van der Waals surface area contributed by atoms with Gasteiger partial charge in [0, 0.05) is 5.02 Å². The molecule has 1 fully saturated rings. The lowest BCUT2D eigenvalue weighted by Gasteiger charge is -2.34. The number of rotatable bonds is 5. The van der Waals surface area contributed by atoms with E-state index in [0.29, 0.717) is 5.92 Å². The summed E-state index contributed by atoms with van der Waals surface area (Å²) in [7, 11) is 0. The number of hydrogen-bond donors (Lipinski definition) is 2. The Balaban J connectivity index is 2.33. The van der Waals surface area contributed by atoms with Crippen molar-refractivity contribution in [3.63, 3.8) is 0 Å². The van der Waals surface area contributed by atoms with Crippen LogP contribution in [0.1, 0.15) is 25.3 Å². The van der Waals surface area contributed by atoms with E-state index in [0.717, 1.165) is 17.1 Å². The van der Waals surface area contributed by atoms with Crippen molar-refractivity contribution in [2.45, 2.75) is 25.3 Å². The van der Waals surface area contributed by atoms with Crippen LogP contribution in [0.3, 0.4) is 0 Å². The quantitative estimate of drug-likeness (QED) is 0.828. The molecule has 1 saturated carbocycles. The smallest absolute Gasteiger partial charge is 0.0697 e. The second kappa shape index (κ2) is 4.74. The molecule has 0 radical (unpaired) electrons. The van der Waals surface area contributed by atoms with Crippen LogP contribution in [0.4, 0.5) is 0 Å². The molecule has 1 unspecified atom stereocenters. The van der Waals surface area contributed by atoms with Crippen molar-refractivity contribution in [2.75, 3.05) is 13.2 Å². The predicted molar refractivity (Wildman–Crippen MR) is 66.6 cm³/mol. The minimum atomic E-state index is -0.265. The van der Waals surface area contributed by atoms with E-state index in [2.05, 4.69) is 12.2 Å². The van der Waals surface area contributed by atoms with Gasteiger partial charge in [-0.3, -0.25) is 0 Å². The molecule has 0 saturated heterocycles. The zero-order chi connectivity index (χ0) is 11.6. The Morgan fingerprint density at radius 2 is 2.00 bits per heavy atom. The molecule has 1 aromatic rings. The largest absolute Gasteiger partial charge is 0.394 e. The average molecular weight is 240 g/mol. The standard InChI is InChI=1S/C13H18ClNO/c1-2-15-13(9-16,10-3-4-10)11-5-7-12(14)8-6-11/h5-8,10,15-16H,2-4,9H2,1H3. The van der Waals surface area contributed by atoms with Crippen molar-refractivity contribution >= 4 is 11.6 Å². The van der Waals surface area contributed by atoms with Gasteiger partial charge in [0.1, 0.15) is 0 Å². The van der Waals surface area contributed by atoms with E-state index >= 15 is 0 Å². The van der Waals surface area contributed by atoms with Gasteiger partial charge in [-0.2, -0.15) is 0 Å². The monoisotopic (exact) mass is 239 g/mol. The summed E-state index contributed by atoms with van der Waals surface area (Å²) in [5.74, 6) is 0.554. The topological polar surface area (TPSA) is 32.3 Å². The summed E-state index contributed by atoms with van der Waals surface area (Å²) in [6.07, 6.45) is 2.38. The van der Waals surface area contributed by atoms with Crippen LogP contribution in [-0.4, -0.2) is 18.3 Å². The first-order valence-electron chi connectivity index (χ1n) is 5.85. The zero-order valence-corrected chi connectivity index (χ0v) is 10.3. The number of aliphatic hydroxyl groups is 1. The van der Waals surface area contributed by atoms with Crippen LogP contribution in [0, 0.1) is 5.92 Å². The van der Waals surface area contributed by atoms with E-state index in [4.69, 9.17) is 11.6 Å². The van der Waals surface area contributed by atoms with Gasteiger partial charge in [-0.05, 0) is 43.0 Å². The molecule has 1 aliphatic rings. The van der Waals surface area contributed by atoms with E-state index in [1.807, 2.05) is 24.3 Å². The maximum Gasteiger partial charge on any atom is 0.0697 e. The molecule has 0 heterocycles. The van der Waals surface area contributed by atoms with Gasteiger partial charge in [0.2, 0.25) is 0 Å². The Bertz CT molecular complexity index is 347. The van der Waals surface area contributed by atoms with Crippen LogP contribution >= 0.6 is 11.6 Å². The fourth-order valence-corrected chi connectivity index (χ4v) is 2.52. The number of likely N-dealkylation sites (N-methyl/N-ethyl adjacent to an activating group) is 1. The molecule has 1 aromatic carbocycles. The summed E-state index contributed by atoms with van der Waals surface area (Å²) in [6, 6.07) is 7.81. The van der Waals surface area contributed by atoms with E-state index in [1.165, 1.54) is 12.8 Å². The van der Waals surface area contributed by atoms with Gasteiger partial charge in [-0.1, -0.05) is 30.7 Å². The molecule has 0 aromatic heterocycles. The van der Waals surface area contributed by atoms with Crippen LogP contribution in [0.25, 0.3) is 0 Å². The van der Waals surface area contributed by atoms with Gasteiger partial charge < -0.3 is 10.4 Å². The van der Waals surface area contributed by atoms with Crippen LogP contribution in [0.5, 0.6) is 0 Å². The average Bonchev–Trinajstić information content (AvgIpc) is 3.11. The lowest BCUT2D eigenvalue weighted by atomic mass is 9.85. The first kappa shape index (κ1) is 11.9. The second-order valence-electron chi connectivity index (χ2n) is 4.44. The van der Waals surface area contributed by atoms with Crippen LogP contribution in [0.15, 0.2) is 24.3 Å². The van der Waals surface area contributed by atoms with Gasteiger partial charge >= 0.3 is 0 Å². The first-order chi connectivity index (χ1) is 7.73. The fourth-order valence-electron chi connectivity index (χ4n) is 2.40. The highest BCUT2D eigenvalue weighted by Crippen LogP contribution is 2.45. The minimum absolute atomic E-state index is 0.146. The minimum Gasteiger partial charge on any atom is -0.394 e. The van der Waals surface area contributed by atoms with E-state index in [1.54, 1.807) is 0 Å². The summed E-state index contributed by atoms with van der Waals surface area (Å²) in [5, 5.41) is 13.9. The number of aliphatic hydroxyl groups excluding tert-OH is 1. The third-order valence-electron chi connectivity index (χ3n) is 3.38. The van der Waals surface area contributed by atoms with Crippen LogP contribution < -0.4 is 5.32 Å².